The van der Waals surface area contributed by atoms with Gasteiger partial charge in [0.1, 0.15) is 6.04 Å². The second-order valence-electron chi connectivity index (χ2n) is 3.93. The smallest absolute Gasteiger partial charge is 0.320 e. The second kappa shape index (κ2) is 4.33. The maximum absolute atomic E-state index is 11.0. The number of carbonyl (C=O) groups is 1. The quantitative estimate of drug-likeness (QED) is 0.858. The highest BCUT2D eigenvalue weighted by Crippen LogP contribution is 2.35. The number of aliphatic carboxylic acids is 1. The molecule has 2 unspecified atom stereocenters. The molecule has 0 saturated carbocycles. The lowest BCUT2D eigenvalue weighted by Gasteiger charge is -2.27. The summed E-state index contributed by atoms with van der Waals surface area (Å²) in [5, 5.41) is 11.1. The highest BCUT2D eigenvalue weighted by atomic mass is 32.1. The zero-order chi connectivity index (χ0) is 10.8. The van der Waals surface area contributed by atoms with E-state index in [0.717, 1.165) is 19.4 Å². The molecular formula is C11H15NO2S. The molecule has 2 rings (SSSR count). The van der Waals surface area contributed by atoms with Gasteiger partial charge in [0.15, 0.2) is 0 Å². The third kappa shape index (κ3) is 2.06. The van der Waals surface area contributed by atoms with Gasteiger partial charge in [-0.15, -0.1) is 11.3 Å². The van der Waals surface area contributed by atoms with E-state index in [1.165, 1.54) is 4.88 Å². The zero-order valence-corrected chi connectivity index (χ0v) is 9.54. The van der Waals surface area contributed by atoms with Crippen LogP contribution in [-0.4, -0.2) is 28.6 Å². The highest BCUT2D eigenvalue weighted by molar-refractivity contribution is 7.10. The van der Waals surface area contributed by atoms with Crippen molar-refractivity contribution in [3.8, 4) is 0 Å². The van der Waals surface area contributed by atoms with Gasteiger partial charge in [0.25, 0.3) is 0 Å². The molecule has 0 spiro atoms. The Morgan fingerprint density at radius 3 is 3.13 bits per heavy atom. The summed E-state index contributed by atoms with van der Waals surface area (Å²) in [4.78, 5) is 14.3. The average Bonchev–Trinajstić information content (AvgIpc) is 2.86. The van der Waals surface area contributed by atoms with Crippen molar-refractivity contribution >= 4 is 17.3 Å². The molecule has 82 valence electrons. The molecule has 4 heteroatoms. The Kier molecular flexibility index (Phi) is 3.07. The summed E-state index contributed by atoms with van der Waals surface area (Å²) in [5.41, 5.74) is 0. The lowest BCUT2D eigenvalue weighted by atomic mass is 10.1. The van der Waals surface area contributed by atoms with Crippen LogP contribution in [0, 0.1) is 0 Å². The number of rotatable bonds is 3. The molecule has 0 amide bonds. The number of thiophene rings is 1. The first-order chi connectivity index (χ1) is 7.20. The van der Waals surface area contributed by atoms with Crippen LogP contribution in [0.15, 0.2) is 17.5 Å². The van der Waals surface area contributed by atoms with Gasteiger partial charge in [0, 0.05) is 10.9 Å². The SMILES string of the molecule is CC(C(=O)O)N1CCCC1c1cccs1. The summed E-state index contributed by atoms with van der Waals surface area (Å²) in [6.07, 6.45) is 2.18. The highest BCUT2D eigenvalue weighted by Gasteiger charge is 2.33. The molecule has 1 aliphatic rings. The predicted molar refractivity (Wildman–Crippen MR) is 60.1 cm³/mol. The molecule has 0 aromatic carbocycles. The lowest BCUT2D eigenvalue weighted by molar-refractivity contribution is -0.143. The Morgan fingerprint density at radius 2 is 2.53 bits per heavy atom. The van der Waals surface area contributed by atoms with Gasteiger partial charge in [-0.2, -0.15) is 0 Å². The summed E-state index contributed by atoms with van der Waals surface area (Å²) in [5.74, 6) is -0.724. The van der Waals surface area contributed by atoms with Crippen molar-refractivity contribution in [3.05, 3.63) is 22.4 Å². The van der Waals surface area contributed by atoms with Crippen LogP contribution in [0.5, 0.6) is 0 Å². The Labute approximate surface area is 93.3 Å². The first-order valence-corrected chi connectivity index (χ1v) is 6.10. The van der Waals surface area contributed by atoms with Crippen LogP contribution in [0.25, 0.3) is 0 Å². The number of carboxylic acids is 1. The number of likely N-dealkylation sites (tertiary alicyclic amines) is 1. The molecule has 2 atom stereocenters. The van der Waals surface area contributed by atoms with Crippen molar-refractivity contribution in [2.24, 2.45) is 0 Å². The first-order valence-electron chi connectivity index (χ1n) is 5.22. The van der Waals surface area contributed by atoms with Crippen molar-refractivity contribution < 1.29 is 9.90 Å². The number of nitrogens with zero attached hydrogens (tertiary/aromatic N) is 1. The van der Waals surface area contributed by atoms with Crippen LogP contribution >= 0.6 is 11.3 Å². The van der Waals surface area contributed by atoms with Gasteiger partial charge >= 0.3 is 5.97 Å². The van der Waals surface area contributed by atoms with Gasteiger partial charge in [0.2, 0.25) is 0 Å². The summed E-state index contributed by atoms with van der Waals surface area (Å²) in [7, 11) is 0. The number of carboxylic acid groups (broad SMARTS) is 1. The Hall–Kier alpha value is -0.870. The maximum atomic E-state index is 11.0. The summed E-state index contributed by atoms with van der Waals surface area (Å²) in [6, 6.07) is 4.07. The molecule has 1 saturated heterocycles. The van der Waals surface area contributed by atoms with E-state index in [9.17, 15) is 4.79 Å². The summed E-state index contributed by atoms with van der Waals surface area (Å²) in [6.45, 7) is 2.67. The van der Waals surface area contributed by atoms with Crippen LogP contribution in [0.1, 0.15) is 30.7 Å². The minimum absolute atomic E-state index is 0.316. The number of hydrogen-bond acceptors (Lipinski definition) is 3. The Balaban J connectivity index is 2.15. The van der Waals surface area contributed by atoms with Crippen molar-refractivity contribution in [2.75, 3.05) is 6.54 Å². The standard InChI is InChI=1S/C11H15NO2S/c1-8(11(13)14)12-6-2-4-9(12)10-5-3-7-15-10/h3,5,7-9H,2,4,6H2,1H3,(H,13,14). The zero-order valence-electron chi connectivity index (χ0n) is 8.72. The largest absolute Gasteiger partial charge is 0.480 e. The van der Waals surface area contributed by atoms with Gasteiger partial charge in [-0.3, -0.25) is 9.69 Å². The van der Waals surface area contributed by atoms with Crippen LogP contribution in [-0.2, 0) is 4.79 Å². The lowest BCUT2D eigenvalue weighted by Crippen LogP contribution is -2.38. The summed E-state index contributed by atoms with van der Waals surface area (Å²) >= 11 is 1.72. The minimum Gasteiger partial charge on any atom is -0.480 e. The molecule has 0 bridgehead atoms. The fraction of sp³-hybridized carbons (Fsp3) is 0.545. The maximum Gasteiger partial charge on any atom is 0.320 e. The van der Waals surface area contributed by atoms with E-state index in [1.807, 2.05) is 6.07 Å². The van der Waals surface area contributed by atoms with Gasteiger partial charge in [-0.05, 0) is 37.8 Å². The average molecular weight is 225 g/mol. The second-order valence-corrected chi connectivity index (χ2v) is 4.90. The summed E-state index contributed by atoms with van der Waals surface area (Å²) < 4.78 is 0. The van der Waals surface area contributed by atoms with Crippen molar-refractivity contribution in [1.29, 1.82) is 0 Å². The molecule has 1 N–H and O–H groups in total. The molecule has 1 aromatic heterocycles. The van der Waals surface area contributed by atoms with E-state index >= 15 is 0 Å². The van der Waals surface area contributed by atoms with E-state index in [4.69, 9.17) is 5.11 Å². The fourth-order valence-electron chi connectivity index (χ4n) is 2.18. The molecule has 15 heavy (non-hydrogen) atoms. The van der Waals surface area contributed by atoms with Crippen molar-refractivity contribution in [1.82, 2.24) is 4.90 Å². The predicted octanol–water partition coefficient (Wildman–Crippen LogP) is 2.36. The molecule has 1 fully saturated rings. The van der Waals surface area contributed by atoms with Crippen LogP contribution < -0.4 is 0 Å². The van der Waals surface area contributed by atoms with Crippen LogP contribution in [0.4, 0.5) is 0 Å². The van der Waals surface area contributed by atoms with E-state index in [1.54, 1.807) is 18.3 Å². The van der Waals surface area contributed by atoms with E-state index in [0.29, 0.717) is 6.04 Å². The minimum atomic E-state index is -0.724. The van der Waals surface area contributed by atoms with E-state index < -0.39 is 5.97 Å². The molecule has 0 radical (unpaired) electrons. The fourth-order valence-corrected chi connectivity index (χ4v) is 3.06. The monoisotopic (exact) mass is 225 g/mol. The normalized spacial score (nSPS) is 24.2. The molecule has 1 aliphatic heterocycles. The van der Waals surface area contributed by atoms with E-state index in [2.05, 4.69) is 16.3 Å². The Bertz CT molecular complexity index is 336. The third-order valence-corrected chi connectivity index (χ3v) is 3.99. The van der Waals surface area contributed by atoms with Gasteiger partial charge < -0.3 is 5.11 Å². The first kappa shape index (κ1) is 10.6. The molecular weight excluding hydrogens is 210 g/mol. The Morgan fingerprint density at radius 1 is 1.73 bits per heavy atom. The van der Waals surface area contributed by atoms with Gasteiger partial charge in [-0.25, -0.2) is 0 Å². The van der Waals surface area contributed by atoms with Crippen molar-refractivity contribution in [2.45, 2.75) is 31.8 Å². The molecule has 2 heterocycles. The molecule has 0 aliphatic carbocycles. The molecule has 3 nitrogen and oxygen atoms in total. The third-order valence-electron chi connectivity index (χ3n) is 3.02. The van der Waals surface area contributed by atoms with Gasteiger partial charge in [0.05, 0.1) is 0 Å². The topological polar surface area (TPSA) is 40.5 Å². The van der Waals surface area contributed by atoms with E-state index in [-0.39, 0.29) is 6.04 Å². The molecule has 1 aromatic rings. The number of hydrogen-bond donors (Lipinski definition) is 1. The van der Waals surface area contributed by atoms with Crippen LogP contribution in [0.2, 0.25) is 0 Å². The van der Waals surface area contributed by atoms with Crippen LogP contribution in [0.3, 0.4) is 0 Å². The van der Waals surface area contributed by atoms with Gasteiger partial charge in [-0.1, -0.05) is 6.07 Å². The van der Waals surface area contributed by atoms with Crippen molar-refractivity contribution in [3.63, 3.8) is 0 Å².